The molecule has 0 amide bonds. The van der Waals surface area contributed by atoms with Crippen molar-refractivity contribution in [3.8, 4) is 0 Å². The second-order valence-electron chi connectivity index (χ2n) is 23.5. The molecule has 0 aromatic heterocycles. The number of hydrogen-bond acceptors (Lipinski definition) is 7. The van der Waals surface area contributed by atoms with Crippen LogP contribution in [0.1, 0.15) is 277 Å². The number of aliphatic hydroxyl groups is 2. The lowest BCUT2D eigenvalue weighted by atomic mass is 9.47. The van der Waals surface area contributed by atoms with E-state index in [4.69, 9.17) is 14.9 Å². The van der Waals surface area contributed by atoms with Crippen molar-refractivity contribution in [3.05, 3.63) is 43.1 Å². The van der Waals surface area contributed by atoms with Crippen LogP contribution in [0.5, 0.6) is 0 Å². The molecule has 0 unspecified atom stereocenters. The van der Waals surface area contributed by atoms with E-state index in [1.165, 1.54) is 103 Å². The van der Waals surface area contributed by atoms with Crippen molar-refractivity contribution < 1.29 is 24.8 Å². The second-order valence-corrected chi connectivity index (χ2v) is 23.5. The van der Waals surface area contributed by atoms with E-state index in [1.807, 2.05) is 6.92 Å². The van der Waals surface area contributed by atoms with E-state index in [0.29, 0.717) is 30.1 Å². The highest BCUT2D eigenvalue weighted by atomic mass is 16.7. The number of nitrogens with zero attached hydrogens (tertiary/aromatic N) is 2. The van der Waals surface area contributed by atoms with Crippen molar-refractivity contribution in [2.45, 2.75) is 283 Å². The molecule has 0 radical (unpaired) electrons. The molecular weight excluding hydrogens is 813 g/mol. The van der Waals surface area contributed by atoms with E-state index in [1.54, 1.807) is 0 Å². The van der Waals surface area contributed by atoms with Gasteiger partial charge < -0.3 is 14.9 Å². The van der Waals surface area contributed by atoms with Crippen LogP contribution in [0.25, 0.3) is 0 Å². The summed E-state index contributed by atoms with van der Waals surface area (Å²) < 4.78 is 7.34. The summed E-state index contributed by atoms with van der Waals surface area (Å²) >= 11 is 0. The van der Waals surface area contributed by atoms with Crippen LogP contribution >= 0.6 is 0 Å². The Hall–Kier alpha value is -2.00. The molecule has 0 aromatic carbocycles. The van der Waals surface area contributed by atoms with Crippen LogP contribution in [-0.2, 0) is 4.74 Å². The quantitative estimate of drug-likeness (QED) is 0.0766. The maximum atomic E-state index is 14.6. The Bertz CT molecular complexity index is 1360. The van der Waals surface area contributed by atoms with Gasteiger partial charge in [-0.2, -0.15) is 0 Å². The van der Waals surface area contributed by atoms with Gasteiger partial charge in [-0.05, 0) is 133 Å². The first kappa shape index (κ1) is 50.9. The monoisotopic (exact) mass is 907 g/mol. The smallest absolute Gasteiger partial charge is 0.368 e. The summed E-state index contributed by atoms with van der Waals surface area (Å²) in [6.45, 7) is 1.90. The maximum Gasteiger partial charge on any atom is 0.438 e. The van der Waals surface area contributed by atoms with Crippen LogP contribution < -0.4 is 0 Å². The molecule has 0 saturated heterocycles. The normalized spacial score (nSPS) is 26.8. The Morgan fingerprint density at radius 2 is 0.646 bits per heavy atom. The highest BCUT2D eigenvalue weighted by Gasteiger charge is 2.61. The van der Waals surface area contributed by atoms with Gasteiger partial charge >= 0.3 is 11.8 Å². The van der Waals surface area contributed by atoms with Gasteiger partial charge in [0.05, 0.1) is 11.1 Å². The van der Waals surface area contributed by atoms with Crippen molar-refractivity contribution in [2.75, 3.05) is 0 Å². The SMILES string of the molecule is CCCC(O)O.O=[N+]([O-])C(OC(=C(C1(C2CCCCC2)CCCCC1)C1(C2CCCCC2)CCCCC1)[N+](=O)[O-])=C(C1(C2CCCCC2)CCCCC1)C1(C2CCCCC2)CCCCC1. The Balaban J connectivity index is 0.000000984. The zero-order valence-electron chi connectivity index (χ0n) is 41.4. The average molecular weight is 907 g/mol. The molecule has 370 valence electrons. The molecule has 0 spiro atoms. The van der Waals surface area contributed by atoms with Gasteiger partial charge in [-0.15, -0.1) is 0 Å². The number of hydrogen-bond donors (Lipinski definition) is 2. The highest BCUT2D eigenvalue weighted by Crippen LogP contribution is 2.68. The maximum absolute atomic E-state index is 14.6. The molecule has 8 aliphatic rings. The summed E-state index contributed by atoms with van der Waals surface area (Å²) in [4.78, 5) is 28.8. The lowest BCUT2D eigenvalue weighted by Crippen LogP contribution is -2.49. The molecule has 9 nitrogen and oxygen atoms in total. The highest BCUT2D eigenvalue weighted by molar-refractivity contribution is 5.33. The van der Waals surface area contributed by atoms with Gasteiger partial charge in [-0.1, -0.05) is 167 Å². The third-order valence-electron chi connectivity index (χ3n) is 20.0. The van der Waals surface area contributed by atoms with Gasteiger partial charge in [0, 0.05) is 21.7 Å². The predicted molar refractivity (Wildman–Crippen MR) is 261 cm³/mol. The Morgan fingerprint density at radius 3 is 0.815 bits per heavy atom. The number of allylic oxidation sites excluding steroid dienone is 2. The second kappa shape index (κ2) is 24.0. The molecule has 2 N–H and O–H groups in total. The zero-order valence-corrected chi connectivity index (χ0v) is 41.4. The van der Waals surface area contributed by atoms with Gasteiger partial charge in [-0.3, -0.25) is 20.2 Å². The molecule has 0 atom stereocenters. The van der Waals surface area contributed by atoms with Gasteiger partial charge in [0.25, 0.3) is 0 Å². The summed E-state index contributed by atoms with van der Waals surface area (Å²) in [5.74, 6) is 1.34. The summed E-state index contributed by atoms with van der Waals surface area (Å²) in [5, 5.41) is 45.3. The van der Waals surface area contributed by atoms with Crippen LogP contribution in [0, 0.1) is 65.6 Å². The van der Waals surface area contributed by atoms with E-state index >= 15 is 0 Å². The number of aliphatic hydroxyl groups excluding tert-OH is 1. The number of ether oxygens (including phenoxy) is 1. The standard InChI is InChI=1S/C52H84N2O5.C4H10O2/c55-53(56)47(45(49(33-17-5-18-34-49)41-25-9-1-10-26-41)50(35-19-6-20-36-50)42-27-11-2-12-28-42)59-48(54(57)58)46(51(37-21-7-22-38-51)43-29-13-3-14-30-43)52(39-23-8-24-40-52)44-31-15-4-16-32-44;1-2-3-4(5)6/h41-44H,1-40H2;4-6H,2-3H2,1H3. The third kappa shape index (κ3) is 11.2. The summed E-state index contributed by atoms with van der Waals surface area (Å²) in [5.41, 5.74) is 0.811. The van der Waals surface area contributed by atoms with Crippen LogP contribution in [-0.4, -0.2) is 26.3 Å². The molecule has 8 aliphatic carbocycles. The average Bonchev–Trinajstić information content (AvgIpc) is 3.35. The Labute approximate surface area is 394 Å². The van der Waals surface area contributed by atoms with E-state index in [2.05, 4.69) is 0 Å². The van der Waals surface area contributed by atoms with Gasteiger partial charge in [0.1, 0.15) is 9.85 Å². The minimum atomic E-state index is -1.10. The first-order valence-electron chi connectivity index (χ1n) is 28.5. The first-order valence-corrected chi connectivity index (χ1v) is 28.5. The molecule has 0 heterocycles. The lowest BCUT2D eigenvalue weighted by molar-refractivity contribution is -0.511. The molecule has 65 heavy (non-hydrogen) atoms. The summed E-state index contributed by atoms with van der Waals surface area (Å²) in [6, 6.07) is 0. The van der Waals surface area contributed by atoms with Crippen molar-refractivity contribution in [2.24, 2.45) is 45.3 Å². The van der Waals surface area contributed by atoms with Crippen LogP contribution in [0.4, 0.5) is 0 Å². The molecule has 0 bridgehead atoms. The molecule has 0 aliphatic heterocycles. The largest absolute Gasteiger partial charge is 0.438 e. The molecule has 8 rings (SSSR count). The fourth-order valence-electron chi connectivity index (χ4n) is 17.4. The summed E-state index contributed by atoms with van der Waals surface area (Å²) in [6.07, 6.45) is 45.3. The lowest BCUT2D eigenvalue weighted by Gasteiger charge is -2.56. The van der Waals surface area contributed by atoms with Crippen LogP contribution in [0.3, 0.4) is 0 Å². The minimum Gasteiger partial charge on any atom is -0.368 e. The third-order valence-corrected chi connectivity index (χ3v) is 20.0. The van der Waals surface area contributed by atoms with E-state index in [9.17, 15) is 20.2 Å². The van der Waals surface area contributed by atoms with Crippen molar-refractivity contribution in [1.82, 2.24) is 0 Å². The van der Waals surface area contributed by atoms with Crippen LogP contribution in [0.2, 0.25) is 0 Å². The molecule has 8 fully saturated rings. The van der Waals surface area contributed by atoms with Gasteiger partial charge in [0.2, 0.25) is 0 Å². The van der Waals surface area contributed by atoms with Crippen molar-refractivity contribution in [1.29, 1.82) is 0 Å². The number of rotatable bonds is 14. The van der Waals surface area contributed by atoms with E-state index < -0.39 is 6.29 Å². The predicted octanol–water partition coefficient (Wildman–Crippen LogP) is 16.2. The summed E-state index contributed by atoms with van der Waals surface area (Å²) in [7, 11) is 0. The first-order chi connectivity index (χ1) is 31.6. The van der Waals surface area contributed by atoms with E-state index in [-0.39, 0.29) is 43.3 Å². The zero-order chi connectivity index (χ0) is 45.8. The van der Waals surface area contributed by atoms with Gasteiger partial charge in [0.15, 0.2) is 6.29 Å². The van der Waals surface area contributed by atoms with Gasteiger partial charge in [-0.25, -0.2) is 0 Å². The molecule has 0 aromatic rings. The molecule has 9 heteroatoms. The fraction of sp³-hybridized carbons (Fsp3) is 0.929. The number of nitro groups is 2. The van der Waals surface area contributed by atoms with Crippen molar-refractivity contribution >= 4 is 0 Å². The van der Waals surface area contributed by atoms with E-state index in [0.717, 1.165) is 172 Å². The Morgan fingerprint density at radius 1 is 0.431 bits per heavy atom. The minimum absolute atomic E-state index is 0.127. The Kier molecular flexibility index (Phi) is 18.8. The van der Waals surface area contributed by atoms with Crippen molar-refractivity contribution in [3.63, 3.8) is 0 Å². The van der Waals surface area contributed by atoms with Crippen LogP contribution in [0.15, 0.2) is 22.9 Å². The fourth-order valence-corrected chi connectivity index (χ4v) is 17.4. The molecular formula is C56H94N2O7. The topological polar surface area (TPSA) is 136 Å². The molecule has 8 saturated carbocycles.